The Hall–Kier alpha value is -2.54. The molecule has 3 aromatic rings. The summed E-state index contributed by atoms with van der Waals surface area (Å²) >= 11 is 1.53. The highest BCUT2D eigenvalue weighted by atomic mass is 32.1. The van der Waals surface area contributed by atoms with Gasteiger partial charge in [0.05, 0.1) is 16.6 Å². The van der Waals surface area contributed by atoms with Crippen LogP contribution < -0.4 is 4.90 Å². The van der Waals surface area contributed by atoms with Gasteiger partial charge in [-0.25, -0.2) is 19.7 Å². The topological polar surface area (TPSA) is 79.2 Å². The summed E-state index contributed by atoms with van der Waals surface area (Å²) in [6, 6.07) is 5.24. The molecule has 0 aliphatic carbocycles. The van der Waals surface area contributed by atoms with Crippen LogP contribution in [0.5, 0.6) is 0 Å². The van der Waals surface area contributed by atoms with Gasteiger partial charge in [0.2, 0.25) is 0 Å². The number of carboxylic acids is 1. The Balaban J connectivity index is 1.94. The minimum absolute atomic E-state index is 0.221. The first-order valence-electron chi connectivity index (χ1n) is 7.85. The van der Waals surface area contributed by atoms with E-state index in [4.69, 9.17) is 9.97 Å². The monoisotopic (exact) mass is 340 g/mol. The zero-order chi connectivity index (χ0) is 16.7. The maximum Gasteiger partial charge on any atom is 0.335 e. The van der Waals surface area contributed by atoms with E-state index in [0.717, 1.165) is 35.9 Å². The Kier molecular flexibility index (Phi) is 3.65. The molecule has 7 heteroatoms. The van der Waals surface area contributed by atoms with Crippen LogP contribution >= 0.6 is 11.3 Å². The molecule has 3 heterocycles. The molecule has 1 fully saturated rings. The minimum Gasteiger partial charge on any atom is -0.478 e. The number of aromatic nitrogens is 3. The Morgan fingerprint density at radius 1 is 1.33 bits per heavy atom. The predicted molar refractivity (Wildman–Crippen MR) is 93.6 cm³/mol. The molecule has 24 heavy (non-hydrogen) atoms. The third kappa shape index (κ3) is 2.50. The second-order valence-electron chi connectivity index (χ2n) is 5.93. The van der Waals surface area contributed by atoms with E-state index in [1.807, 2.05) is 5.38 Å². The van der Waals surface area contributed by atoms with Gasteiger partial charge in [0.15, 0.2) is 5.82 Å². The van der Waals surface area contributed by atoms with Crippen LogP contribution in [0.4, 0.5) is 5.82 Å². The van der Waals surface area contributed by atoms with Crippen LogP contribution in [0.2, 0.25) is 0 Å². The highest BCUT2D eigenvalue weighted by molar-refractivity contribution is 7.13. The molecule has 2 aromatic heterocycles. The molecular weight excluding hydrogens is 324 g/mol. The number of rotatable bonds is 3. The number of aromatic carboxylic acids is 1. The lowest BCUT2D eigenvalue weighted by Crippen LogP contribution is -2.28. The normalized spacial score (nSPS) is 17.5. The van der Waals surface area contributed by atoms with Crippen molar-refractivity contribution < 1.29 is 9.90 Å². The number of hydrogen-bond acceptors (Lipinski definition) is 6. The molecule has 0 radical (unpaired) electrons. The maximum atomic E-state index is 11.2. The Labute approximate surface area is 142 Å². The zero-order valence-electron chi connectivity index (χ0n) is 13.1. The average Bonchev–Trinajstić information content (AvgIpc) is 3.24. The van der Waals surface area contributed by atoms with Crippen molar-refractivity contribution in [3.05, 3.63) is 35.3 Å². The Bertz CT molecular complexity index is 910. The van der Waals surface area contributed by atoms with Crippen molar-refractivity contribution in [2.45, 2.75) is 25.8 Å². The van der Waals surface area contributed by atoms with Crippen molar-refractivity contribution in [1.29, 1.82) is 0 Å². The van der Waals surface area contributed by atoms with E-state index in [1.54, 1.807) is 24.4 Å². The van der Waals surface area contributed by atoms with Crippen LogP contribution in [0.3, 0.4) is 0 Å². The molecule has 1 saturated heterocycles. The molecule has 122 valence electrons. The molecule has 0 saturated carbocycles. The number of thiazole rings is 1. The summed E-state index contributed by atoms with van der Waals surface area (Å²) in [5.74, 6) is -0.163. The summed E-state index contributed by atoms with van der Waals surface area (Å²) in [4.78, 5) is 27.4. The van der Waals surface area contributed by atoms with E-state index in [0.29, 0.717) is 17.1 Å². The number of nitrogens with zero attached hydrogens (tertiary/aromatic N) is 4. The van der Waals surface area contributed by atoms with Crippen LogP contribution in [0, 0.1) is 0 Å². The molecule has 1 atom stereocenters. The van der Waals surface area contributed by atoms with E-state index in [9.17, 15) is 9.90 Å². The quantitative estimate of drug-likeness (QED) is 0.787. The molecule has 6 nitrogen and oxygen atoms in total. The van der Waals surface area contributed by atoms with Crippen molar-refractivity contribution in [3.8, 4) is 10.7 Å². The van der Waals surface area contributed by atoms with Gasteiger partial charge < -0.3 is 10.0 Å². The molecule has 0 spiro atoms. The number of hydrogen-bond donors (Lipinski definition) is 1. The van der Waals surface area contributed by atoms with Gasteiger partial charge in [-0.3, -0.25) is 0 Å². The third-order valence-electron chi connectivity index (χ3n) is 4.35. The summed E-state index contributed by atoms with van der Waals surface area (Å²) in [6.07, 6.45) is 4.00. The molecule has 1 aliphatic rings. The summed E-state index contributed by atoms with van der Waals surface area (Å²) in [5, 5.41) is 12.0. The predicted octanol–water partition coefficient (Wildman–Crippen LogP) is 3.44. The average molecular weight is 340 g/mol. The summed E-state index contributed by atoms with van der Waals surface area (Å²) in [5.41, 5.74) is 2.28. The number of carbonyl (C=O) groups is 1. The molecule has 1 aliphatic heterocycles. The van der Waals surface area contributed by atoms with Crippen LogP contribution in [-0.2, 0) is 0 Å². The molecule has 0 unspecified atom stereocenters. The van der Waals surface area contributed by atoms with Gasteiger partial charge in [-0.15, -0.1) is 11.3 Å². The van der Waals surface area contributed by atoms with E-state index >= 15 is 0 Å². The van der Waals surface area contributed by atoms with Crippen LogP contribution in [0.15, 0.2) is 29.8 Å². The molecular formula is C17H16N4O2S. The molecule has 1 aromatic carbocycles. The molecule has 1 N–H and O–H groups in total. The smallest absolute Gasteiger partial charge is 0.335 e. The zero-order valence-corrected chi connectivity index (χ0v) is 14.0. The number of anilines is 1. The molecule has 0 amide bonds. The minimum atomic E-state index is -0.959. The molecule has 0 bridgehead atoms. The van der Waals surface area contributed by atoms with Gasteiger partial charge in [-0.05, 0) is 38.0 Å². The van der Waals surface area contributed by atoms with Crippen molar-refractivity contribution in [2.24, 2.45) is 0 Å². The largest absolute Gasteiger partial charge is 0.478 e. The summed E-state index contributed by atoms with van der Waals surface area (Å²) in [6.45, 7) is 3.11. The maximum absolute atomic E-state index is 11.2. The van der Waals surface area contributed by atoms with E-state index in [1.165, 1.54) is 11.3 Å². The van der Waals surface area contributed by atoms with Gasteiger partial charge in [0, 0.05) is 24.2 Å². The fourth-order valence-corrected chi connectivity index (χ4v) is 3.73. The Morgan fingerprint density at radius 2 is 2.21 bits per heavy atom. The number of benzene rings is 1. The fraction of sp³-hybridized carbons (Fsp3) is 0.294. The van der Waals surface area contributed by atoms with Gasteiger partial charge in [-0.2, -0.15) is 0 Å². The first kappa shape index (κ1) is 15.0. The standard InChI is InChI=1S/C17H16N4O2S/c1-10-3-2-7-21(10)15-14(16-18-6-8-24-16)19-12-5-4-11(17(22)23)9-13(12)20-15/h4-6,8-10H,2-3,7H2,1H3,(H,22,23)/t10-/m0/s1. The van der Waals surface area contributed by atoms with E-state index in [2.05, 4.69) is 16.8 Å². The summed E-state index contributed by atoms with van der Waals surface area (Å²) in [7, 11) is 0. The van der Waals surface area contributed by atoms with Crippen molar-refractivity contribution in [3.63, 3.8) is 0 Å². The Morgan fingerprint density at radius 3 is 2.88 bits per heavy atom. The highest BCUT2D eigenvalue weighted by Gasteiger charge is 2.26. The van der Waals surface area contributed by atoms with E-state index in [-0.39, 0.29) is 5.56 Å². The van der Waals surface area contributed by atoms with E-state index < -0.39 is 5.97 Å². The van der Waals surface area contributed by atoms with Gasteiger partial charge in [-0.1, -0.05) is 0 Å². The van der Waals surface area contributed by atoms with Crippen molar-refractivity contribution in [2.75, 3.05) is 11.4 Å². The lowest BCUT2D eigenvalue weighted by atomic mass is 10.2. The second kappa shape index (κ2) is 5.83. The van der Waals surface area contributed by atoms with Gasteiger partial charge >= 0.3 is 5.97 Å². The third-order valence-corrected chi connectivity index (χ3v) is 5.13. The van der Waals surface area contributed by atoms with Crippen molar-refractivity contribution in [1.82, 2.24) is 15.0 Å². The van der Waals surface area contributed by atoms with Crippen LogP contribution in [0.25, 0.3) is 21.7 Å². The lowest BCUT2D eigenvalue weighted by molar-refractivity contribution is 0.0697. The number of carboxylic acid groups (broad SMARTS) is 1. The van der Waals surface area contributed by atoms with Crippen LogP contribution in [0.1, 0.15) is 30.1 Å². The number of fused-ring (bicyclic) bond motifs is 1. The highest BCUT2D eigenvalue weighted by Crippen LogP contribution is 2.34. The molecule has 4 rings (SSSR count). The van der Waals surface area contributed by atoms with Gasteiger partial charge in [0.1, 0.15) is 10.7 Å². The first-order valence-corrected chi connectivity index (χ1v) is 8.73. The lowest BCUT2D eigenvalue weighted by Gasteiger charge is -2.24. The summed E-state index contributed by atoms with van der Waals surface area (Å²) < 4.78 is 0. The SMILES string of the molecule is C[C@H]1CCCN1c1nc2cc(C(=O)O)ccc2nc1-c1nccs1. The van der Waals surface area contributed by atoms with Crippen molar-refractivity contribution >= 4 is 34.2 Å². The van der Waals surface area contributed by atoms with Gasteiger partial charge in [0.25, 0.3) is 0 Å². The van der Waals surface area contributed by atoms with Crippen LogP contribution in [-0.4, -0.2) is 38.6 Å². The second-order valence-corrected chi connectivity index (χ2v) is 6.82. The first-order chi connectivity index (χ1) is 11.6. The fourth-order valence-electron chi connectivity index (χ4n) is 3.11.